The topological polar surface area (TPSA) is 45.7 Å². The number of aromatic nitrogens is 1. The van der Waals surface area contributed by atoms with Crippen LogP contribution in [0.15, 0.2) is 18.2 Å². The minimum atomic E-state index is 0.0744. The Kier molecular flexibility index (Phi) is 4.20. The maximum absolute atomic E-state index is 12.2. The van der Waals surface area contributed by atoms with Gasteiger partial charge in [-0.25, -0.2) is 4.98 Å². The van der Waals surface area contributed by atoms with Crippen LogP contribution >= 0.6 is 11.3 Å². The van der Waals surface area contributed by atoms with E-state index in [1.54, 1.807) is 23.3 Å². The lowest BCUT2D eigenvalue weighted by molar-refractivity contribution is -0.133. The molecule has 1 amide bonds. The number of hydrogen-bond donors (Lipinski definition) is 0. The van der Waals surface area contributed by atoms with Gasteiger partial charge in [0.05, 0.1) is 23.2 Å². The summed E-state index contributed by atoms with van der Waals surface area (Å²) in [6.07, 6.45) is 2.00. The van der Waals surface area contributed by atoms with Gasteiger partial charge in [-0.05, 0) is 31.0 Å². The molecule has 1 aromatic carbocycles. The van der Waals surface area contributed by atoms with Gasteiger partial charge in [0.25, 0.3) is 0 Å². The maximum Gasteiger partial charge on any atom is 0.226 e. The molecule has 118 valence electrons. The van der Waals surface area contributed by atoms with E-state index in [0.717, 1.165) is 47.0 Å². The van der Waals surface area contributed by atoms with Gasteiger partial charge >= 0.3 is 0 Å². The Hall–Kier alpha value is -1.82. The summed E-state index contributed by atoms with van der Waals surface area (Å²) < 4.78 is 6.39. The Morgan fingerprint density at radius 1 is 1.45 bits per heavy atom. The van der Waals surface area contributed by atoms with Crippen LogP contribution in [0.1, 0.15) is 12.8 Å². The molecule has 0 N–H and O–H groups in total. The first-order chi connectivity index (χ1) is 10.6. The number of rotatable bonds is 3. The molecule has 1 aliphatic rings. The van der Waals surface area contributed by atoms with E-state index in [9.17, 15) is 4.79 Å². The lowest BCUT2D eigenvalue weighted by Gasteiger charge is -2.32. The zero-order valence-electron chi connectivity index (χ0n) is 13.2. The number of carbonyl (C=O) groups is 1. The highest BCUT2D eigenvalue weighted by molar-refractivity contribution is 7.22. The first kappa shape index (κ1) is 15.1. The van der Waals surface area contributed by atoms with E-state index in [1.807, 2.05) is 32.3 Å². The van der Waals surface area contributed by atoms with Crippen LogP contribution in [0.25, 0.3) is 10.2 Å². The lowest BCUT2D eigenvalue weighted by atomic mass is 9.97. The Morgan fingerprint density at radius 3 is 3.00 bits per heavy atom. The fourth-order valence-corrected chi connectivity index (χ4v) is 3.90. The van der Waals surface area contributed by atoms with Crippen molar-refractivity contribution < 1.29 is 9.53 Å². The number of ether oxygens (including phenoxy) is 1. The van der Waals surface area contributed by atoms with Crippen LogP contribution < -0.4 is 9.64 Å². The summed E-state index contributed by atoms with van der Waals surface area (Å²) >= 11 is 1.67. The SMILES string of the molecule is COc1ccc2nc(N3CCCC(C(=O)N(C)C)C3)sc2c1. The first-order valence-corrected chi connectivity index (χ1v) is 8.31. The zero-order valence-corrected chi connectivity index (χ0v) is 14.0. The number of nitrogens with zero attached hydrogens (tertiary/aromatic N) is 3. The van der Waals surface area contributed by atoms with Crippen molar-refractivity contribution in [3.8, 4) is 5.75 Å². The predicted octanol–water partition coefficient (Wildman–Crippen LogP) is 2.61. The van der Waals surface area contributed by atoms with Gasteiger partial charge in [0, 0.05) is 27.2 Å². The van der Waals surface area contributed by atoms with Crippen molar-refractivity contribution in [3.63, 3.8) is 0 Å². The summed E-state index contributed by atoms with van der Waals surface area (Å²) in [5, 5.41) is 1.000. The van der Waals surface area contributed by atoms with Crippen molar-refractivity contribution in [3.05, 3.63) is 18.2 Å². The van der Waals surface area contributed by atoms with E-state index in [-0.39, 0.29) is 11.8 Å². The molecule has 2 heterocycles. The van der Waals surface area contributed by atoms with Crippen LogP contribution in [0.5, 0.6) is 5.75 Å². The normalized spacial score (nSPS) is 18.5. The van der Waals surface area contributed by atoms with E-state index >= 15 is 0 Å². The van der Waals surface area contributed by atoms with E-state index in [0.29, 0.717) is 0 Å². The molecule has 22 heavy (non-hydrogen) atoms. The lowest BCUT2D eigenvalue weighted by Crippen LogP contribution is -2.42. The number of thiazole rings is 1. The molecule has 1 aliphatic heterocycles. The molecule has 1 fully saturated rings. The highest BCUT2D eigenvalue weighted by atomic mass is 32.1. The Balaban J connectivity index is 1.82. The third kappa shape index (κ3) is 2.88. The molecule has 1 aromatic heterocycles. The number of benzene rings is 1. The molecular weight excluding hydrogens is 298 g/mol. The molecule has 1 atom stereocenters. The smallest absolute Gasteiger partial charge is 0.226 e. The van der Waals surface area contributed by atoms with Crippen molar-refractivity contribution in [1.29, 1.82) is 0 Å². The van der Waals surface area contributed by atoms with Crippen LogP contribution in [0.3, 0.4) is 0 Å². The second-order valence-corrected chi connectivity index (χ2v) is 6.86. The molecule has 3 rings (SSSR count). The predicted molar refractivity (Wildman–Crippen MR) is 89.8 cm³/mol. The Bertz CT molecular complexity index is 683. The molecule has 0 bridgehead atoms. The molecule has 0 radical (unpaired) electrons. The van der Waals surface area contributed by atoms with E-state index < -0.39 is 0 Å². The molecule has 1 saturated heterocycles. The van der Waals surface area contributed by atoms with E-state index in [1.165, 1.54) is 0 Å². The average molecular weight is 319 g/mol. The fraction of sp³-hybridized carbons (Fsp3) is 0.500. The standard InChI is InChI=1S/C16H21N3O2S/c1-18(2)15(20)11-5-4-8-19(10-11)16-17-13-7-6-12(21-3)9-14(13)22-16/h6-7,9,11H,4-5,8,10H2,1-3H3. The highest BCUT2D eigenvalue weighted by Gasteiger charge is 2.28. The minimum absolute atomic E-state index is 0.0744. The maximum atomic E-state index is 12.2. The van der Waals surface area contributed by atoms with Crippen LogP contribution in [0, 0.1) is 5.92 Å². The Morgan fingerprint density at radius 2 is 2.27 bits per heavy atom. The highest BCUT2D eigenvalue weighted by Crippen LogP contribution is 2.33. The van der Waals surface area contributed by atoms with Crippen molar-refractivity contribution in [1.82, 2.24) is 9.88 Å². The largest absolute Gasteiger partial charge is 0.497 e. The van der Waals surface area contributed by atoms with E-state index in [2.05, 4.69) is 4.90 Å². The van der Waals surface area contributed by atoms with Crippen molar-refractivity contribution in [2.45, 2.75) is 12.8 Å². The number of fused-ring (bicyclic) bond motifs is 1. The van der Waals surface area contributed by atoms with Crippen LogP contribution in [-0.2, 0) is 4.79 Å². The summed E-state index contributed by atoms with van der Waals surface area (Å²) in [6.45, 7) is 1.72. The van der Waals surface area contributed by atoms with Gasteiger partial charge in [0.1, 0.15) is 5.75 Å². The molecule has 1 unspecified atom stereocenters. The Labute approximate surface area is 134 Å². The quantitative estimate of drug-likeness (QED) is 0.872. The molecule has 2 aromatic rings. The molecule has 5 nitrogen and oxygen atoms in total. The second kappa shape index (κ2) is 6.12. The summed E-state index contributed by atoms with van der Waals surface area (Å²) in [4.78, 5) is 20.8. The van der Waals surface area contributed by atoms with Gasteiger partial charge in [0.2, 0.25) is 5.91 Å². The van der Waals surface area contributed by atoms with Gasteiger partial charge in [-0.1, -0.05) is 11.3 Å². The van der Waals surface area contributed by atoms with E-state index in [4.69, 9.17) is 9.72 Å². The summed E-state index contributed by atoms with van der Waals surface area (Å²) in [6, 6.07) is 5.93. The number of methoxy groups -OCH3 is 1. The fourth-order valence-electron chi connectivity index (χ4n) is 2.87. The van der Waals surface area contributed by atoms with Gasteiger partial charge < -0.3 is 14.5 Å². The van der Waals surface area contributed by atoms with Crippen molar-refractivity contribution >= 4 is 32.6 Å². The number of carbonyl (C=O) groups excluding carboxylic acids is 1. The third-order valence-electron chi connectivity index (χ3n) is 4.07. The van der Waals surface area contributed by atoms with Crippen molar-refractivity contribution in [2.75, 3.05) is 39.2 Å². The summed E-state index contributed by atoms with van der Waals surface area (Å²) in [5.74, 6) is 1.14. The molecule has 0 aliphatic carbocycles. The molecule has 0 saturated carbocycles. The second-order valence-electron chi connectivity index (χ2n) is 5.85. The zero-order chi connectivity index (χ0) is 15.7. The van der Waals surface area contributed by atoms with Gasteiger partial charge in [-0.15, -0.1) is 0 Å². The number of anilines is 1. The van der Waals surface area contributed by atoms with Crippen LogP contribution in [-0.4, -0.2) is 50.1 Å². The van der Waals surface area contributed by atoms with Crippen LogP contribution in [0.4, 0.5) is 5.13 Å². The summed E-state index contributed by atoms with van der Waals surface area (Å²) in [5.41, 5.74) is 0.988. The third-order valence-corrected chi connectivity index (χ3v) is 5.15. The summed E-state index contributed by atoms with van der Waals surface area (Å²) in [7, 11) is 5.32. The molecule has 6 heteroatoms. The van der Waals surface area contributed by atoms with Crippen LogP contribution in [0.2, 0.25) is 0 Å². The minimum Gasteiger partial charge on any atom is -0.497 e. The van der Waals surface area contributed by atoms with Gasteiger partial charge in [-0.2, -0.15) is 0 Å². The van der Waals surface area contributed by atoms with Gasteiger partial charge in [-0.3, -0.25) is 4.79 Å². The average Bonchev–Trinajstić information content (AvgIpc) is 2.97. The first-order valence-electron chi connectivity index (χ1n) is 7.49. The number of amides is 1. The molecular formula is C16H21N3O2S. The van der Waals surface area contributed by atoms with Crippen molar-refractivity contribution in [2.24, 2.45) is 5.92 Å². The number of hydrogen-bond acceptors (Lipinski definition) is 5. The molecule has 0 spiro atoms. The monoisotopic (exact) mass is 319 g/mol. The van der Waals surface area contributed by atoms with Gasteiger partial charge in [0.15, 0.2) is 5.13 Å². The number of piperidine rings is 1.